The maximum Gasteiger partial charge on any atom is 0.118 e. The number of rotatable bonds is 12. The Morgan fingerprint density at radius 3 is 1.90 bits per heavy atom. The number of hydrogen-bond donors (Lipinski definition) is 1. The topological polar surface area (TPSA) is 20.2 Å². The summed E-state index contributed by atoms with van der Waals surface area (Å²) >= 11 is 0. The zero-order valence-electron chi connectivity index (χ0n) is 19.5. The van der Waals surface area contributed by atoms with Crippen LogP contribution in [0.5, 0.6) is 5.75 Å². The first-order valence-corrected chi connectivity index (χ1v) is 11.9. The van der Waals surface area contributed by atoms with E-state index in [1.807, 2.05) is 18.2 Å². The summed E-state index contributed by atoms with van der Waals surface area (Å²) in [6, 6.07) is 12.6. The highest BCUT2D eigenvalue weighted by Gasteiger charge is 2.27. The Bertz CT molecular complexity index is 757. The first-order chi connectivity index (χ1) is 13.9. The van der Waals surface area contributed by atoms with Crippen LogP contribution in [0.4, 0.5) is 0 Å². The van der Waals surface area contributed by atoms with Crippen LogP contribution >= 0.6 is 0 Å². The second-order valence-corrected chi connectivity index (χ2v) is 9.23. The number of hydrogen-bond acceptors (Lipinski definition) is 1. The van der Waals surface area contributed by atoms with Crippen molar-refractivity contribution in [1.29, 1.82) is 0 Å². The second-order valence-electron chi connectivity index (χ2n) is 9.23. The molecule has 2 aromatic rings. The Morgan fingerprint density at radius 1 is 0.690 bits per heavy atom. The third kappa shape index (κ3) is 6.36. The van der Waals surface area contributed by atoms with Gasteiger partial charge in [-0.1, -0.05) is 84.2 Å². The highest BCUT2D eigenvalue weighted by Crippen LogP contribution is 2.36. The number of aromatic hydroxyl groups is 1. The number of aryl methyl sites for hydroxylation is 1. The highest BCUT2D eigenvalue weighted by molar-refractivity contribution is 5.46. The van der Waals surface area contributed by atoms with Gasteiger partial charge >= 0.3 is 0 Å². The maximum atomic E-state index is 10.3. The number of phenolic OH excluding ortho intramolecular Hbond substituents is 1. The first-order valence-electron chi connectivity index (χ1n) is 11.9. The molecule has 0 spiro atoms. The van der Waals surface area contributed by atoms with Crippen LogP contribution in [0.15, 0.2) is 36.4 Å². The molecule has 2 rings (SSSR count). The Labute approximate surface area is 179 Å². The molecule has 0 atom stereocenters. The van der Waals surface area contributed by atoms with E-state index in [1.165, 1.54) is 63.4 Å². The number of benzene rings is 2. The van der Waals surface area contributed by atoms with Crippen molar-refractivity contribution in [3.8, 4) is 5.75 Å². The zero-order valence-corrected chi connectivity index (χ0v) is 19.5. The van der Waals surface area contributed by atoms with E-state index in [4.69, 9.17) is 0 Å². The molecule has 1 nitrogen and oxygen atoms in total. The molecule has 29 heavy (non-hydrogen) atoms. The summed E-state index contributed by atoms with van der Waals surface area (Å²) in [4.78, 5) is 0. The molecule has 0 saturated carbocycles. The van der Waals surface area contributed by atoms with Crippen LogP contribution < -0.4 is 0 Å². The van der Waals surface area contributed by atoms with Crippen LogP contribution in [-0.4, -0.2) is 5.11 Å². The lowest BCUT2D eigenvalue weighted by Gasteiger charge is -2.31. The van der Waals surface area contributed by atoms with Crippen LogP contribution in [0.2, 0.25) is 0 Å². The number of phenols is 1. The van der Waals surface area contributed by atoms with Gasteiger partial charge in [-0.25, -0.2) is 0 Å². The van der Waals surface area contributed by atoms with Crippen LogP contribution in [0.1, 0.15) is 101 Å². The van der Waals surface area contributed by atoms with Gasteiger partial charge in [-0.05, 0) is 84.2 Å². The van der Waals surface area contributed by atoms with E-state index >= 15 is 0 Å². The van der Waals surface area contributed by atoms with Gasteiger partial charge in [-0.3, -0.25) is 0 Å². The fourth-order valence-electron chi connectivity index (χ4n) is 4.51. The van der Waals surface area contributed by atoms with Gasteiger partial charge in [0.05, 0.1) is 0 Å². The zero-order chi connectivity index (χ0) is 21.3. The van der Waals surface area contributed by atoms with Crippen molar-refractivity contribution in [2.24, 2.45) is 0 Å². The molecule has 0 unspecified atom stereocenters. The van der Waals surface area contributed by atoms with Crippen molar-refractivity contribution < 1.29 is 5.11 Å². The standard InChI is InChI=1S/C28H42O/c1-6-9-14-22-19-20-26(25(17-11-8-3)24(22)16-10-7-2)28(4,5)21-23-15-12-13-18-27(23)29/h12-13,15,18-20,29H,6-11,14,16-17,21H2,1-5H3. The van der Waals surface area contributed by atoms with E-state index in [2.05, 4.69) is 52.8 Å². The molecular formula is C28H42O. The third-order valence-electron chi connectivity index (χ3n) is 6.24. The molecular weight excluding hydrogens is 352 g/mol. The minimum atomic E-state index is -0.00778. The maximum absolute atomic E-state index is 10.3. The Kier molecular flexibility index (Phi) is 9.27. The Hall–Kier alpha value is -1.76. The molecule has 1 N–H and O–H groups in total. The van der Waals surface area contributed by atoms with Gasteiger partial charge in [0.2, 0.25) is 0 Å². The molecule has 0 bridgehead atoms. The number of para-hydroxylation sites is 1. The summed E-state index contributed by atoms with van der Waals surface area (Å²) in [5.74, 6) is 0.418. The Morgan fingerprint density at radius 2 is 1.28 bits per heavy atom. The summed E-state index contributed by atoms with van der Waals surface area (Å²) in [6.45, 7) is 11.6. The van der Waals surface area contributed by atoms with Crippen molar-refractivity contribution in [2.45, 2.75) is 104 Å². The molecule has 0 saturated heterocycles. The van der Waals surface area contributed by atoms with Gasteiger partial charge in [-0.2, -0.15) is 0 Å². The highest BCUT2D eigenvalue weighted by atomic mass is 16.3. The van der Waals surface area contributed by atoms with Crippen molar-refractivity contribution >= 4 is 0 Å². The van der Waals surface area contributed by atoms with Gasteiger partial charge in [0, 0.05) is 0 Å². The van der Waals surface area contributed by atoms with Crippen molar-refractivity contribution in [3.05, 3.63) is 64.2 Å². The van der Waals surface area contributed by atoms with Gasteiger partial charge < -0.3 is 5.11 Å². The SMILES string of the molecule is CCCCc1ccc(C(C)(C)Cc2ccccc2O)c(CCCC)c1CCCC. The Balaban J connectivity index is 2.51. The van der Waals surface area contributed by atoms with E-state index in [1.54, 1.807) is 16.7 Å². The quantitative estimate of drug-likeness (QED) is 0.387. The lowest BCUT2D eigenvalue weighted by molar-refractivity contribution is 0.449. The molecule has 0 fully saturated rings. The molecule has 0 aliphatic rings. The molecule has 2 aromatic carbocycles. The van der Waals surface area contributed by atoms with E-state index in [9.17, 15) is 5.11 Å². The average Bonchev–Trinajstić information content (AvgIpc) is 2.70. The molecule has 0 radical (unpaired) electrons. The van der Waals surface area contributed by atoms with Crippen LogP contribution in [0.25, 0.3) is 0 Å². The number of unbranched alkanes of at least 4 members (excludes halogenated alkanes) is 3. The minimum absolute atomic E-state index is 0.00778. The minimum Gasteiger partial charge on any atom is -0.508 e. The van der Waals surface area contributed by atoms with Gasteiger partial charge in [0.1, 0.15) is 5.75 Å². The third-order valence-corrected chi connectivity index (χ3v) is 6.24. The van der Waals surface area contributed by atoms with Gasteiger partial charge in [0.15, 0.2) is 0 Å². The second kappa shape index (κ2) is 11.4. The lowest BCUT2D eigenvalue weighted by Crippen LogP contribution is -2.24. The molecule has 1 heteroatoms. The van der Waals surface area contributed by atoms with Crippen molar-refractivity contribution in [3.63, 3.8) is 0 Å². The fraction of sp³-hybridized carbons (Fsp3) is 0.571. The summed E-state index contributed by atoms with van der Waals surface area (Å²) in [7, 11) is 0. The van der Waals surface area contributed by atoms with Crippen LogP contribution in [0.3, 0.4) is 0 Å². The van der Waals surface area contributed by atoms with Crippen molar-refractivity contribution in [1.82, 2.24) is 0 Å². The largest absolute Gasteiger partial charge is 0.508 e. The van der Waals surface area contributed by atoms with Crippen molar-refractivity contribution in [2.75, 3.05) is 0 Å². The molecule has 0 heterocycles. The average molecular weight is 395 g/mol. The van der Waals surface area contributed by atoms with E-state index in [0.717, 1.165) is 12.0 Å². The monoisotopic (exact) mass is 394 g/mol. The molecule has 0 amide bonds. The predicted molar refractivity (Wildman–Crippen MR) is 127 cm³/mol. The molecule has 160 valence electrons. The normalized spacial score (nSPS) is 11.8. The van der Waals surface area contributed by atoms with Gasteiger partial charge in [-0.15, -0.1) is 0 Å². The summed E-state index contributed by atoms with van der Waals surface area (Å²) in [6.07, 6.45) is 11.9. The van der Waals surface area contributed by atoms with E-state index < -0.39 is 0 Å². The smallest absolute Gasteiger partial charge is 0.118 e. The van der Waals surface area contributed by atoms with E-state index in [-0.39, 0.29) is 5.41 Å². The van der Waals surface area contributed by atoms with Crippen LogP contribution in [-0.2, 0) is 31.1 Å². The summed E-state index contributed by atoms with van der Waals surface area (Å²) in [5, 5.41) is 10.3. The van der Waals surface area contributed by atoms with E-state index in [0.29, 0.717) is 5.75 Å². The summed E-state index contributed by atoms with van der Waals surface area (Å²) < 4.78 is 0. The lowest BCUT2D eigenvalue weighted by atomic mass is 9.73. The first kappa shape index (κ1) is 23.5. The van der Waals surface area contributed by atoms with Crippen LogP contribution in [0, 0.1) is 0 Å². The molecule has 0 aliphatic heterocycles. The summed E-state index contributed by atoms with van der Waals surface area (Å²) in [5.41, 5.74) is 7.34. The predicted octanol–water partition coefficient (Wildman–Crippen LogP) is 7.94. The fourth-order valence-corrected chi connectivity index (χ4v) is 4.51. The molecule has 0 aromatic heterocycles. The molecule has 0 aliphatic carbocycles. The van der Waals surface area contributed by atoms with Gasteiger partial charge in [0.25, 0.3) is 0 Å².